The molecule has 0 aromatic heterocycles. The van der Waals surface area contributed by atoms with E-state index < -0.39 is 0 Å². The van der Waals surface area contributed by atoms with Crippen molar-refractivity contribution in [1.82, 2.24) is 5.32 Å². The van der Waals surface area contributed by atoms with Crippen LogP contribution in [0.3, 0.4) is 0 Å². The van der Waals surface area contributed by atoms with Crippen molar-refractivity contribution < 1.29 is 9.53 Å². The van der Waals surface area contributed by atoms with Crippen LogP contribution in [0, 0.1) is 11.8 Å². The van der Waals surface area contributed by atoms with Crippen LogP contribution in [0.1, 0.15) is 36.7 Å². The van der Waals surface area contributed by atoms with E-state index in [1.807, 2.05) is 25.2 Å². The third kappa shape index (κ3) is 3.80. The van der Waals surface area contributed by atoms with Gasteiger partial charge in [-0.1, -0.05) is 26.8 Å². The van der Waals surface area contributed by atoms with E-state index in [4.69, 9.17) is 4.74 Å². The predicted molar refractivity (Wildman–Crippen MR) is 79.0 cm³/mol. The number of ketones is 1. The van der Waals surface area contributed by atoms with E-state index in [-0.39, 0.29) is 11.7 Å². The standard InChI is InChI=1S/C16H25NO2/c1-6-12-7-8-15(19-5)13(9-12)16(18)14(10-17-4)11(2)3/h7-9,11,14,17H,6,10H2,1-5H3. The first kappa shape index (κ1) is 15.7. The van der Waals surface area contributed by atoms with Gasteiger partial charge in [0.2, 0.25) is 0 Å². The zero-order chi connectivity index (χ0) is 14.4. The fourth-order valence-corrected chi connectivity index (χ4v) is 2.22. The first-order valence-electron chi connectivity index (χ1n) is 6.90. The van der Waals surface area contributed by atoms with Crippen LogP contribution in [0.4, 0.5) is 0 Å². The molecule has 0 bridgehead atoms. The summed E-state index contributed by atoms with van der Waals surface area (Å²) in [4.78, 5) is 12.7. The van der Waals surface area contributed by atoms with Crippen molar-refractivity contribution >= 4 is 5.78 Å². The summed E-state index contributed by atoms with van der Waals surface area (Å²) in [6.45, 7) is 6.94. The van der Waals surface area contributed by atoms with E-state index in [2.05, 4.69) is 26.1 Å². The molecule has 0 aliphatic heterocycles. The third-order valence-electron chi connectivity index (χ3n) is 3.50. The Morgan fingerprint density at radius 1 is 1.37 bits per heavy atom. The predicted octanol–water partition coefficient (Wildman–Crippen LogP) is 2.93. The van der Waals surface area contributed by atoms with Gasteiger partial charge in [-0.3, -0.25) is 4.79 Å². The zero-order valence-electron chi connectivity index (χ0n) is 12.6. The average Bonchev–Trinajstić information content (AvgIpc) is 2.42. The van der Waals surface area contributed by atoms with Crippen LogP contribution < -0.4 is 10.1 Å². The first-order valence-corrected chi connectivity index (χ1v) is 6.90. The largest absolute Gasteiger partial charge is 0.496 e. The number of nitrogens with one attached hydrogen (secondary N) is 1. The maximum Gasteiger partial charge on any atom is 0.171 e. The molecule has 0 spiro atoms. The zero-order valence-corrected chi connectivity index (χ0v) is 12.6. The Labute approximate surface area is 116 Å². The highest BCUT2D eigenvalue weighted by Gasteiger charge is 2.25. The van der Waals surface area contributed by atoms with Crippen LogP contribution in [-0.2, 0) is 6.42 Å². The molecule has 0 aliphatic rings. The molecule has 1 unspecified atom stereocenters. The minimum absolute atomic E-state index is 0.0222. The number of carbonyl (C=O) groups is 1. The van der Waals surface area contributed by atoms with Crippen LogP contribution in [0.5, 0.6) is 5.75 Å². The van der Waals surface area contributed by atoms with Gasteiger partial charge in [-0.15, -0.1) is 0 Å². The molecule has 1 rings (SSSR count). The minimum Gasteiger partial charge on any atom is -0.496 e. The summed E-state index contributed by atoms with van der Waals surface area (Å²) < 4.78 is 5.33. The van der Waals surface area contributed by atoms with Crippen molar-refractivity contribution in [2.24, 2.45) is 11.8 Å². The maximum absolute atomic E-state index is 12.7. The molecule has 0 fully saturated rings. The molecule has 3 heteroatoms. The van der Waals surface area contributed by atoms with Gasteiger partial charge in [0, 0.05) is 12.5 Å². The number of carbonyl (C=O) groups excluding carboxylic acids is 1. The third-order valence-corrected chi connectivity index (χ3v) is 3.50. The fourth-order valence-electron chi connectivity index (χ4n) is 2.22. The molecule has 106 valence electrons. The summed E-state index contributed by atoms with van der Waals surface area (Å²) >= 11 is 0. The summed E-state index contributed by atoms with van der Waals surface area (Å²) in [6, 6.07) is 5.87. The van der Waals surface area contributed by atoms with Gasteiger partial charge in [0.25, 0.3) is 0 Å². The summed E-state index contributed by atoms with van der Waals surface area (Å²) in [5, 5.41) is 3.10. The molecular weight excluding hydrogens is 238 g/mol. The van der Waals surface area contributed by atoms with Crippen LogP contribution in [0.15, 0.2) is 18.2 Å². The van der Waals surface area contributed by atoms with Gasteiger partial charge in [0.15, 0.2) is 5.78 Å². The van der Waals surface area contributed by atoms with Crippen LogP contribution in [0.2, 0.25) is 0 Å². The van der Waals surface area contributed by atoms with Crippen molar-refractivity contribution in [2.45, 2.75) is 27.2 Å². The number of hydrogen-bond donors (Lipinski definition) is 1. The van der Waals surface area contributed by atoms with Gasteiger partial charge < -0.3 is 10.1 Å². The Morgan fingerprint density at radius 2 is 2.05 bits per heavy atom. The summed E-state index contributed by atoms with van der Waals surface area (Å²) in [7, 11) is 3.49. The Morgan fingerprint density at radius 3 is 2.53 bits per heavy atom. The number of rotatable bonds is 7. The molecule has 1 atom stereocenters. The molecule has 0 aliphatic carbocycles. The summed E-state index contributed by atoms with van der Waals surface area (Å²) in [5.41, 5.74) is 1.87. The van der Waals surface area contributed by atoms with Crippen molar-refractivity contribution in [3.8, 4) is 5.75 Å². The fraction of sp³-hybridized carbons (Fsp3) is 0.562. The molecule has 0 radical (unpaired) electrons. The van der Waals surface area contributed by atoms with Crippen LogP contribution in [0.25, 0.3) is 0 Å². The van der Waals surface area contributed by atoms with Gasteiger partial charge in [0.05, 0.1) is 12.7 Å². The van der Waals surface area contributed by atoms with Gasteiger partial charge >= 0.3 is 0 Å². The van der Waals surface area contributed by atoms with Crippen LogP contribution >= 0.6 is 0 Å². The lowest BCUT2D eigenvalue weighted by Crippen LogP contribution is -2.30. The number of hydrogen-bond acceptors (Lipinski definition) is 3. The number of aryl methyl sites for hydroxylation is 1. The Kier molecular flexibility index (Phi) is 6.03. The van der Waals surface area contributed by atoms with Crippen molar-refractivity contribution in [3.05, 3.63) is 29.3 Å². The highest BCUT2D eigenvalue weighted by Crippen LogP contribution is 2.26. The highest BCUT2D eigenvalue weighted by molar-refractivity contribution is 6.00. The molecule has 1 aromatic carbocycles. The van der Waals surface area contributed by atoms with Gasteiger partial charge in [0.1, 0.15) is 5.75 Å². The van der Waals surface area contributed by atoms with Gasteiger partial charge in [-0.25, -0.2) is 0 Å². The first-order chi connectivity index (χ1) is 9.04. The number of benzene rings is 1. The van der Waals surface area contributed by atoms with Crippen molar-refractivity contribution in [1.29, 1.82) is 0 Å². The molecular formula is C16H25NO2. The summed E-state index contributed by atoms with van der Waals surface area (Å²) in [5.74, 6) is 1.11. The van der Waals surface area contributed by atoms with E-state index in [9.17, 15) is 4.79 Å². The quantitative estimate of drug-likeness (QED) is 0.769. The smallest absolute Gasteiger partial charge is 0.171 e. The normalized spacial score (nSPS) is 12.5. The lowest BCUT2D eigenvalue weighted by atomic mass is 9.87. The van der Waals surface area contributed by atoms with E-state index >= 15 is 0 Å². The lowest BCUT2D eigenvalue weighted by Gasteiger charge is -2.20. The number of ether oxygens (including phenoxy) is 1. The Hall–Kier alpha value is -1.35. The topological polar surface area (TPSA) is 38.3 Å². The lowest BCUT2D eigenvalue weighted by molar-refractivity contribution is 0.0883. The van der Waals surface area contributed by atoms with E-state index in [1.54, 1.807) is 7.11 Å². The molecule has 0 heterocycles. The SMILES string of the molecule is CCc1ccc(OC)c(C(=O)C(CNC)C(C)C)c1. The second-order valence-corrected chi connectivity index (χ2v) is 5.16. The van der Waals surface area contributed by atoms with Gasteiger partial charge in [-0.05, 0) is 37.1 Å². The highest BCUT2D eigenvalue weighted by atomic mass is 16.5. The Bertz CT molecular complexity index is 427. The van der Waals surface area contributed by atoms with E-state index in [1.165, 1.54) is 0 Å². The second kappa shape index (κ2) is 7.29. The second-order valence-electron chi connectivity index (χ2n) is 5.16. The molecule has 3 nitrogen and oxygen atoms in total. The molecule has 0 amide bonds. The summed E-state index contributed by atoms with van der Waals surface area (Å²) in [6.07, 6.45) is 0.919. The molecule has 19 heavy (non-hydrogen) atoms. The maximum atomic E-state index is 12.7. The van der Waals surface area contributed by atoms with Crippen molar-refractivity contribution in [3.63, 3.8) is 0 Å². The molecule has 0 saturated carbocycles. The van der Waals surface area contributed by atoms with Crippen molar-refractivity contribution in [2.75, 3.05) is 20.7 Å². The molecule has 1 N–H and O–H groups in total. The molecule has 1 aromatic rings. The average molecular weight is 263 g/mol. The van der Waals surface area contributed by atoms with Crippen LogP contribution in [-0.4, -0.2) is 26.5 Å². The van der Waals surface area contributed by atoms with E-state index in [0.717, 1.165) is 12.0 Å². The van der Waals surface area contributed by atoms with E-state index in [0.29, 0.717) is 23.8 Å². The number of methoxy groups -OCH3 is 1. The number of Topliss-reactive ketones (excluding diaryl/α,β-unsaturated/α-hetero) is 1. The Balaban J connectivity index is 3.14. The molecule has 0 saturated heterocycles. The monoisotopic (exact) mass is 263 g/mol. The van der Waals surface area contributed by atoms with Gasteiger partial charge in [-0.2, -0.15) is 0 Å². The minimum atomic E-state index is -0.0222.